The molecule has 1 saturated heterocycles. The van der Waals surface area contributed by atoms with E-state index in [1.165, 1.54) is 0 Å². The van der Waals surface area contributed by atoms with Gasteiger partial charge >= 0.3 is 0 Å². The van der Waals surface area contributed by atoms with Crippen LogP contribution in [0.3, 0.4) is 0 Å². The molecule has 2 N–H and O–H groups in total. The predicted molar refractivity (Wildman–Crippen MR) is 43.2 cm³/mol. The molecule has 1 aliphatic heterocycles. The van der Waals surface area contributed by atoms with Gasteiger partial charge in [0, 0.05) is 10.9 Å². The molecule has 12 heavy (non-hydrogen) atoms. The van der Waals surface area contributed by atoms with Crippen LogP contribution in [0.5, 0.6) is 0 Å². The maximum atomic E-state index is 9.40. The molecule has 7 heteroatoms. The Morgan fingerprint density at radius 3 is 2.75 bits per heavy atom. The van der Waals surface area contributed by atoms with E-state index in [1.54, 1.807) is 7.85 Å². The number of azide groups is 1. The Morgan fingerprint density at radius 2 is 2.33 bits per heavy atom. The summed E-state index contributed by atoms with van der Waals surface area (Å²) in [6.07, 6.45) is -1.53. The van der Waals surface area contributed by atoms with Crippen LogP contribution >= 0.6 is 0 Å². The van der Waals surface area contributed by atoms with Crippen molar-refractivity contribution >= 4 is 7.85 Å². The maximum absolute atomic E-state index is 9.40. The number of hydrogen-bond donors (Lipinski definition) is 2. The molecule has 0 bridgehead atoms. The third-order valence-corrected chi connectivity index (χ3v) is 1.97. The van der Waals surface area contributed by atoms with Crippen molar-refractivity contribution in [1.82, 2.24) is 0 Å². The van der Waals surface area contributed by atoms with Crippen molar-refractivity contribution in [1.29, 1.82) is 0 Å². The highest BCUT2D eigenvalue weighted by Crippen LogP contribution is 2.21. The quantitative estimate of drug-likeness (QED) is 0.226. The van der Waals surface area contributed by atoms with E-state index >= 15 is 0 Å². The average Bonchev–Trinajstić information content (AvgIpc) is 2.32. The summed E-state index contributed by atoms with van der Waals surface area (Å²) in [5.41, 5.74) is 8.15. The summed E-state index contributed by atoms with van der Waals surface area (Å²) in [6, 6.07) is -0.930. The lowest BCUT2D eigenvalue weighted by molar-refractivity contribution is -0.00436. The van der Waals surface area contributed by atoms with Crippen molar-refractivity contribution in [2.24, 2.45) is 5.11 Å². The summed E-state index contributed by atoms with van der Waals surface area (Å²) in [6.45, 7) is -0.261. The lowest BCUT2D eigenvalue weighted by atomic mass is 9.91. The van der Waals surface area contributed by atoms with Crippen LogP contribution in [0.1, 0.15) is 0 Å². The van der Waals surface area contributed by atoms with Gasteiger partial charge in [0.15, 0.2) is 0 Å². The first-order valence-electron chi connectivity index (χ1n) is 3.69. The number of aliphatic hydroxyl groups excluding tert-OH is 2. The SMILES string of the molecule is B[C@@H]1O[C@H](CO)[C@@H](O)C1N=[N+]=[N-]. The highest BCUT2D eigenvalue weighted by Gasteiger charge is 2.39. The topological polar surface area (TPSA) is 98.5 Å². The molecule has 0 aromatic rings. The molecule has 66 valence electrons. The first-order chi connectivity index (χ1) is 5.70. The zero-order valence-electron chi connectivity index (χ0n) is 6.66. The van der Waals surface area contributed by atoms with Crippen LogP contribution < -0.4 is 0 Å². The molecule has 6 nitrogen and oxygen atoms in total. The summed E-state index contributed by atoms with van der Waals surface area (Å²) in [5, 5.41) is 21.5. The monoisotopic (exact) mass is 171 g/mol. The molecule has 1 rings (SSSR count). The Bertz CT molecular complexity index is 208. The predicted octanol–water partition coefficient (Wildman–Crippen LogP) is -1.62. The van der Waals surface area contributed by atoms with Gasteiger partial charge in [0.05, 0.1) is 18.8 Å². The van der Waals surface area contributed by atoms with Gasteiger partial charge in [-0.2, -0.15) is 0 Å². The second-order valence-corrected chi connectivity index (χ2v) is 2.75. The van der Waals surface area contributed by atoms with Crippen LogP contribution in [0.25, 0.3) is 10.4 Å². The lowest BCUT2D eigenvalue weighted by Gasteiger charge is -2.11. The second-order valence-electron chi connectivity index (χ2n) is 2.75. The zero-order valence-corrected chi connectivity index (χ0v) is 6.66. The van der Waals surface area contributed by atoms with Crippen molar-refractivity contribution in [2.45, 2.75) is 24.3 Å². The molecule has 0 aromatic carbocycles. The fourth-order valence-electron chi connectivity index (χ4n) is 1.31. The Hall–Kier alpha value is -0.745. The standard InChI is InChI=1S/C5H10BN3O3/c6-5-3(8-9-7)4(11)2(1-10)12-5/h2-5,10-11H,1,6H2/t2-,3?,4-,5-/m1/s1. The van der Waals surface area contributed by atoms with Gasteiger partial charge in [-0.05, 0) is 5.53 Å². The molecule has 0 amide bonds. The van der Waals surface area contributed by atoms with E-state index in [1.807, 2.05) is 0 Å². The summed E-state index contributed by atoms with van der Waals surface area (Å²) in [4.78, 5) is 2.59. The molecule has 0 aliphatic carbocycles. The Kier molecular flexibility index (Phi) is 2.94. The van der Waals surface area contributed by atoms with Gasteiger partial charge in [-0.1, -0.05) is 5.11 Å². The van der Waals surface area contributed by atoms with Gasteiger partial charge in [0.1, 0.15) is 14.0 Å². The third kappa shape index (κ3) is 1.54. The van der Waals surface area contributed by atoms with E-state index in [2.05, 4.69) is 10.0 Å². The molecule has 0 saturated carbocycles. The van der Waals surface area contributed by atoms with E-state index in [0.29, 0.717) is 0 Å². The molecule has 0 aromatic heterocycles. The van der Waals surface area contributed by atoms with Crippen molar-refractivity contribution < 1.29 is 14.9 Å². The van der Waals surface area contributed by atoms with Crippen molar-refractivity contribution in [3.63, 3.8) is 0 Å². The van der Waals surface area contributed by atoms with E-state index in [9.17, 15) is 5.11 Å². The van der Waals surface area contributed by atoms with Crippen LogP contribution in [0, 0.1) is 0 Å². The number of nitrogens with zero attached hydrogens (tertiary/aromatic N) is 3. The Labute approximate surface area is 70.2 Å². The van der Waals surface area contributed by atoms with Gasteiger partial charge in [-0.25, -0.2) is 0 Å². The summed E-state index contributed by atoms with van der Waals surface area (Å²) < 4.78 is 5.12. The van der Waals surface area contributed by atoms with Crippen LogP contribution in [0.2, 0.25) is 0 Å². The number of aliphatic hydroxyl groups is 2. The van der Waals surface area contributed by atoms with Crippen LogP contribution in [0.15, 0.2) is 5.11 Å². The highest BCUT2D eigenvalue weighted by atomic mass is 16.5. The first-order valence-corrected chi connectivity index (χ1v) is 3.69. The van der Waals surface area contributed by atoms with Crippen LogP contribution in [-0.2, 0) is 4.74 Å². The number of rotatable bonds is 2. The van der Waals surface area contributed by atoms with Crippen molar-refractivity contribution in [3.05, 3.63) is 10.4 Å². The average molecular weight is 171 g/mol. The smallest absolute Gasteiger partial charge is 0.139 e. The third-order valence-electron chi connectivity index (χ3n) is 1.97. The van der Waals surface area contributed by atoms with E-state index in [0.717, 1.165) is 0 Å². The number of ether oxygens (including phenoxy) is 1. The van der Waals surface area contributed by atoms with Gasteiger partial charge in [-0.15, -0.1) is 0 Å². The molecular formula is C5H10BN3O3. The molecule has 1 unspecified atom stereocenters. The van der Waals surface area contributed by atoms with Gasteiger partial charge < -0.3 is 14.9 Å². The second kappa shape index (κ2) is 3.77. The first kappa shape index (κ1) is 9.34. The molecular weight excluding hydrogens is 161 g/mol. The fraction of sp³-hybridized carbons (Fsp3) is 1.00. The minimum atomic E-state index is -0.902. The summed E-state index contributed by atoms with van der Waals surface area (Å²) in [7, 11) is 1.69. The highest BCUT2D eigenvalue weighted by molar-refractivity contribution is 6.11. The minimum Gasteiger partial charge on any atom is -0.394 e. The van der Waals surface area contributed by atoms with Gasteiger partial charge in [0.2, 0.25) is 0 Å². The normalized spacial score (nSPS) is 40.8. The van der Waals surface area contributed by atoms with Crippen molar-refractivity contribution in [3.8, 4) is 0 Å². The summed E-state index contributed by atoms with van der Waals surface area (Å²) >= 11 is 0. The van der Waals surface area contributed by atoms with Gasteiger partial charge in [-0.3, -0.25) is 0 Å². The van der Waals surface area contributed by atoms with E-state index in [-0.39, 0.29) is 12.6 Å². The number of hydrogen-bond acceptors (Lipinski definition) is 4. The molecule has 0 spiro atoms. The van der Waals surface area contributed by atoms with Crippen LogP contribution in [-0.4, -0.2) is 48.9 Å². The molecule has 1 heterocycles. The van der Waals surface area contributed by atoms with E-state index < -0.39 is 18.2 Å². The lowest BCUT2D eigenvalue weighted by Crippen LogP contribution is -2.32. The van der Waals surface area contributed by atoms with Gasteiger partial charge in [0.25, 0.3) is 0 Å². The largest absolute Gasteiger partial charge is 0.394 e. The molecule has 4 atom stereocenters. The fourth-order valence-corrected chi connectivity index (χ4v) is 1.31. The zero-order chi connectivity index (χ0) is 9.14. The Balaban J connectivity index is 2.69. The Morgan fingerprint density at radius 1 is 1.67 bits per heavy atom. The molecule has 1 fully saturated rings. The van der Waals surface area contributed by atoms with Crippen molar-refractivity contribution in [2.75, 3.05) is 6.61 Å². The minimum absolute atomic E-state index is 0.261. The van der Waals surface area contributed by atoms with E-state index in [4.69, 9.17) is 15.4 Å². The summed E-state index contributed by atoms with van der Waals surface area (Å²) in [5.74, 6) is 0. The molecule has 1 aliphatic rings. The van der Waals surface area contributed by atoms with Crippen LogP contribution in [0.4, 0.5) is 0 Å². The molecule has 0 radical (unpaired) electrons. The maximum Gasteiger partial charge on any atom is 0.139 e.